The van der Waals surface area contributed by atoms with Gasteiger partial charge in [-0.15, -0.1) is 0 Å². The second-order valence-electron chi connectivity index (χ2n) is 20.7. The minimum atomic E-state index is -4.48. The fourth-order valence-corrected chi connectivity index (χ4v) is 11.4. The number of carbonyl (C=O) groups is 4. The molecule has 0 spiro atoms. The lowest BCUT2D eigenvalue weighted by Gasteiger charge is -2.36. The molecule has 4 aliphatic heterocycles. The molecule has 0 saturated heterocycles. The fraction of sp³-hybridized carbons (Fsp3) is 0.411. The molecule has 3 aromatic carbocycles. The molecule has 0 aliphatic carbocycles. The van der Waals surface area contributed by atoms with E-state index in [0.717, 1.165) is 55.5 Å². The van der Waals surface area contributed by atoms with E-state index in [4.69, 9.17) is 4.74 Å². The van der Waals surface area contributed by atoms with Crippen LogP contribution in [0, 0.1) is 20.8 Å². The average Bonchev–Trinajstić information content (AvgIpc) is 3.87. The molecule has 75 heavy (non-hydrogen) atoms. The van der Waals surface area contributed by atoms with E-state index in [9.17, 15) is 50.2 Å². The lowest BCUT2D eigenvalue weighted by molar-refractivity contribution is -0.437. The van der Waals surface area contributed by atoms with Crippen LogP contribution < -0.4 is 20.3 Å². The van der Waals surface area contributed by atoms with E-state index in [1.54, 1.807) is 19.1 Å². The van der Waals surface area contributed by atoms with E-state index >= 15 is 0 Å². The zero-order valence-corrected chi connectivity index (χ0v) is 45.5. The van der Waals surface area contributed by atoms with Gasteiger partial charge in [-0.1, -0.05) is 50.6 Å². The smallest absolute Gasteiger partial charge is 0.294 e. The maximum atomic E-state index is 13.7. The number of hydrogen-bond acceptors (Lipinski definition) is 11. The minimum Gasteiger partial charge on any atom is -0.507 e. The number of hydrogen-bond donors (Lipinski definition) is 5. The topological polar surface area (TPSA) is 240 Å². The number of imide groups is 1. The molecule has 19 heteroatoms. The van der Waals surface area contributed by atoms with Gasteiger partial charge in [0.15, 0.2) is 17.9 Å². The number of nitrogens with zero attached hydrogens (tertiary/aromatic N) is 3. The third-order valence-corrected chi connectivity index (χ3v) is 16.7. The highest BCUT2D eigenvalue weighted by Crippen LogP contribution is 2.49. The van der Waals surface area contributed by atoms with Crippen molar-refractivity contribution in [3.63, 3.8) is 0 Å². The van der Waals surface area contributed by atoms with Gasteiger partial charge in [0, 0.05) is 97.7 Å². The number of rotatable bonds is 20. The molecule has 7 rings (SSSR count). The molecule has 3 aromatic rings. The molecule has 400 valence electrons. The van der Waals surface area contributed by atoms with Gasteiger partial charge in [0.2, 0.25) is 11.6 Å². The number of ether oxygens (including phenoxy) is 1. The number of phenols is 1. The number of allylic oxidation sites excluding steroid dienone is 8. The Bertz CT molecular complexity index is 3240. The second kappa shape index (κ2) is 21.9. The molecule has 0 bridgehead atoms. The SMILES string of the molecule is Cc1c(C)c2c(c(C)c1O)CCC(C)(C(=O)NCCC[N+]1=C(/C=C/C=C/C=C/C=C3/N(CCCCCC(=O)NCCN4C(=O)C=CC4=O)c4ccc(S(=O)(=O)O)cc4C3(C)C)C(C)(C)c3cc(S(=O)(=O)O)ccc31)O2. The van der Waals surface area contributed by atoms with E-state index in [0.29, 0.717) is 69.5 Å². The number of benzene rings is 3. The van der Waals surface area contributed by atoms with Gasteiger partial charge in [-0.3, -0.25) is 33.2 Å². The first-order valence-corrected chi connectivity index (χ1v) is 28.0. The Hall–Kier alpha value is -6.67. The summed E-state index contributed by atoms with van der Waals surface area (Å²) in [5, 5.41) is 16.5. The van der Waals surface area contributed by atoms with Crippen LogP contribution in [0.3, 0.4) is 0 Å². The summed E-state index contributed by atoms with van der Waals surface area (Å²) in [6, 6.07) is 9.14. The van der Waals surface area contributed by atoms with Gasteiger partial charge in [0.25, 0.3) is 38.0 Å². The third-order valence-electron chi connectivity index (χ3n) is 15.0. The summed E-state index contributed by atoms with van der Waals surface area (Å²) in [6.07, 6.45) is 19.5. The monoisotopic (exact) mass is 1070 g/mol. The Labute approximate surface area is 439 Å². The highest BCUT2D eigenvalue weighted by Gasteiger charge is 2.46. The number of nitrogens with one attached hydrogen (secondary N) is 2. The summed E-state index contributed by atoms with van der Waals surface area (Å²) in [4.78, 5) is 52.6. The van der Waals surface area contributed by atoms with Crippen molar-refractivity contribution >= 4 is 61.0 Å². The first-order valence-electron chi connectivity index (χ1n) is 25.2. The number of fused-ring (bicyclic) bond motifs is 3. The van der Waals surface area contributed by atoms with Crippen LogP contribution in [0.2, 0.25) is 0 Å². The van der Waals surface area contributed by atoms with E-state index in [1.165, 1.54) is 36.4 Å². The van der Waals surface area contributed by atoms with Crippen LogP contribution in [0.4, 0.5) is 11.4 Å². The van der Waals surface area contributed by atoms with E-state index < -0.39 is 48.5 Å². The zero-order chi connectivity index (χ0) is 54.8. The number of anilines is 1. The molecule has 5 N–H and O–H groups in total. The van der Waals surface area contributed by atoms with E-state index in [1.807, 2.05) is 91.0 Å². The Morgan fingerprint density at radius 3 is 2.05 bits per heavy atom. The number of phenolic OH excluding ortho intramolecular Hbond substituents is 1. The van der Waals surface area contributed by atoms with Gasteiger partial charge in [-0.2, -0.15) is 21.4 Å². The van der Waals surface area contributed by atoms with Gasteiger partial charge in [-0.25, -0.2) is 0 Å². The molecule has 4 aliphatic rings. The van der Waals surface area contributed by atoms with Crippen molar-refractivity contribution in [2.24, 2.45) is 0 Å². The normalized spacial score (nSPS) is 19.5. The molecular weight excluding hydrogens is 999 g/mol. The van der Waals surface area contributed by atoms with Crippen LogP contribution in [0.5, 0.6) is 11.5 Å². The average molecular weight is 1070 g/mol. The van der Waals surface area contributed by atoms with Crippen molar-refractivity contribution < 1.29 is 59.5 Å². The number of aromatic hydroxyl groups is 1. The van der Waals surface area contributed by atoms with Crippen molar-refractivity contribution in [3.05, 3.63) is 130 Å². The summed E-state index contributed by atoms with van der Waals surface area (Å²) < 4.78 is 77.2. The van der Waals surface area contributed by atoms with E-state index in [-0.39, 0.29) is 46.9 Å². The standard InChI is InChI=1S/C56H67N5O12S2/c1-36-37(2)52-41(38(3)51(36)65)27-28-56(8,73-52)53(66)58-29-17-32-60-45-24-22-40(75(70,71)72)35-43(45)55(6,7)47(60)19-14-11-9-10-13-18-46-54(4,5)42-34-39(74(67,68)69)21-23-44(42)59(46)31-16-12-15-20-48(62)57-30-33-61-49(63)25-26-50(61)64/h9-11,13-14,18-19,21-26,34-35H,12,15-17,20,27-33H2,1-8H3,(H4-,57,58,62,65,66,67,68,69,70,71,72)/p+1. The van der Waals surface area contributed by atoms with E-state index in [2.05, 4.69) is 20.1 Å². The molecule has 0 aromatic heterocycles. The van der Waals surface area contributed by atoms with Gasteiger partial charge in [0.05, 0.1) is 15.2 Å². The Balaban J connectivity index is 1.03. The summed E-state index contributed by atoms with van der Waals surface area (Å²) in [6.45, 7) is 16.9. The quantitative estimate of drug-likeness (QED) is 0.0244. The molecule has 0 radical (unpaired) electrons. The lowest BCUT2D eigenvalue weighted by Crippen LogP contribution is -2.51. The summed E-state index contributed by atoms with van der Waals surface area (Å²) in [5.41, 5.74) is 5.53. The van der Waals surface area contributed by atoms with Gasteiger partial charge in [-0.05, 0) is 119 Å². The first kappa shape index (κ1) is 56.1. The molecule has 0 fully saturated rings. The summed E-state index contributed by atoms with van der Waals surface area (Å²) >= 11 is 0. The minimum absolute atomic E-state index is 0.0972. The Kier molecular flexibility index (Phi) is 16.4. The number of amides is 4. The molecule has 1 unspecified atom stereocenters. The molecule has 1 atom stereocenters. The Morgan fingerprint density at radius 1 is 0.733 bits per heavy atom. The first-order chi connectivity index (χ1) is 35.2. The predicted molar refractivity (Wildman–Crippen MR) is 286 cm³/mol. The predicted octanol–water partition coefficient (Wildman–Crippen LogP) is 7.43. The van der Waals surface area contributed by atoms with Crippen LogP contribution >= 0.6 is 0 Å². The van der Waals surface area contributed by atoms with Crippen molar-refractivity contribution in [1.82, 2.24) is 15.5 Å². The van der Waals surface area contributed by atoms with Crippen LogP contribution in [-0.4, -0.2) is 108 Å². The molecule has 17 nitrogen and oxygen atoms in total. The number of unbranched alkanes of at least 4 members (excludes halogenated alkanes) is 2. The molecule has 4 amide bonds. The highest BCUT2D eigenvalue weighted by atomic mass is 32.2. The van der Waals surface area contributed by atoms with Crippen LogP contribution in [-0.2, 0) is 56.7 Å². The van der Waals surface area contributed by atoms with Crippen molar-refractivity contribution in [3.8, 4) is 11.5 Å². The zero-order valence-electron chi connectivity index (χ0n) is 43.8. The van der Waals surface area contributed by atoms with Crippen molar-refractivity contribution in [2.75, 3.05) is 37.6 Å². The summed E-state index contributed by atoms with van der Waals surface area (Å²) in [5.74, 6) is -0.341. The largest absolute Gasteiger partial charge is 0.507 e. The molecule has 4 heterocycles. The van der Waals surface area contributed by atoms with Crippen LogP contribution in [0.25, 0.3) is 0 Å². The maximum Gasteiger partial charge on any atom is 0.294 e. The van der Waals surface area contributed by atoms with Gasteiger partial charge in [0.1, 0.15) is 11.5 Å². The second-order valence-corrected chi connectivity index (χ2v) is 23.6. The van der Waals surface area contributed by atoms with Crippen molar-refractivity contribution in [1.29, 1.82) is 0 Å². The van der Waals surface area contributed by atoms with Crippen molar-refractivity contribution in [2.45, 2.75) is 127 Å². The maximum absolute atomic E-state index is 13.7. The lowest BCUT2D eigenvalue weighted by atomic mass is 9.81. The fourth-order valence-electron chi connectivity index (χ4n) is 10.4. The third kappa shape index (κ3) is 11.8. The Morgan fingerprint density at radius 2 is 1.37 bits per heavy atom. The molecular formula is C56H68N5O12S2+. The van der Waals surface area contributed by atoms with Crippen LogP contribution in [0.1, 0.15) is 107 Å². The molecule has 0 saturated carbocycles. The summed E-state index contributed by atoms with van der Waals surface area (Å²) in [7, 11) is -8.95. The van der Waals surface area contributed by atoms with Gasteiger partial charge >= 0.3 is 0 Å². The number of carbonyl (C=O) groups excluding carboxylic acids is 4. The van der Waals surface area contributed by atoms with Crippen LogP contribution in [0.15, 0.2) is 107 Å². The highest BCUT2D eigenvalue weighted by molar-refractivity contribution is 7.86. The van der Waals surface area contributed by atoms with Gasteiger partial charge < -0.3 is 25.4 Å².